The summed E-state index contributed by atoms with van der Waals surface area (Å²) in [5.74, 6) is 0. The Labute approximate surface area is 335 Å². The molecule has 3 aliphatic heterocycles. The van der Waals surface area contributed by atoms with Gasteiger partial charge in [0, 0.05) is 11.1 Å². The van der Waals surface area contributed by atoms with Gasteiger partial charge in [-0.3, -0.25) is 30.0 Å². The molecular weight excluding hydrogens is 711 g/mol. The lowest BCUT2D eigenvalue weighted by atomic mass is 9.97. The molecule has 0 saturated carbocycles. The molecule has 0 bridgehead atoms. The average molecular weight is 752 g/mol. The fourth-order valence-electron chi connectivity index (χ4n) is 8.91. The van der Waals surface area contributed by atoms with Crippen LogP contribution in [0.2, 0.25) is 0 Å². The first-order valence-electron chi connectivity index (χ1n) is 20.0. The molecule has 8 aromatic carbocycles. The third kappa shape index (κ3) is 5.56. The van der Waals surface area contributed by atoms with Gasteiger partial charge in [-0.2, -0.15) is 0 Å². The number of hydrogen-bond donors (Lipinski definition) is 0. The van der Waals surface area contributed by atoms with Gasteiger partial charge in [-0.25, -0.2) is 0 Å². The second-order valence-electron chi connectivity index (χ2n) is 17.1. The van der Waals surface area contributed by atoms with Crippen LogP contribution in [0.25, 0.3) is 54.6 Å². The zero-order valence-electron chi connectivity index (χ0n) is 33.4. The van der Waals surface area contributed by atoms with Crippen molar-refractivity contribution in [1.82, 2.24) is 0 Å². The summed E-state index contributed by atoms with van der Waals surface area (Å²) in [5, 5.41) is 12.3. The van der Waals surface area contributed by atoms with Crippen LogP contribution in [0.15, 0.2) is 169 Å². The Morgan fingerprint density at radius 2 is 0.759 bits per heavy atom. The van der Waals surface area contributed by atoms with Crippen molar-refractivity contribution in [3.05, 3.63) is 172 Å². The molecule has 0 unspecified atom stereocenters. The Hall–Kier alpha value is -6.86. The molecule has 0 amide bonds. The predicted octanol–water partition coefficient (Wildman–Crippen LogP) is 8.92. The minimum Gasteiger partial charge on any atom is -0.304 e. The van der Waals surface area contributed by atoms with Crippen molar-refractivity contribution in [2.24, 2.45) is 30.0 Å². The fraction of sp³-hybridized carbons (Fsp3) is 0.176. The van der Waals surface area contributed by atoms with Crippen LogP contribution < -0.4 is 37.0 Å². The summed E-state index contributed by atoms with van der Waals surface area (Å²) in [6.07, 6.45) is 0. The molecule has 8 aromatic rings. The standard InChI is InChI=1S/C51H41N7/c1-49(2)52-40-16-11-17-41(46(40)55-49)58(42-24-22-38(44-47(42)56-50(3,4)53-44)35-20-18-30-12-7-8-13-31(30)27-35)43-25-23-39(45-48(43)57-51(5,6)54-45)36-21-19-34-26-32-14-9-10-15-33(32)28-37(34)29-36/h7-29H,1-6H3. The zero-order chi connectivity index (χ0) is 39.6. The zero-order valence-corrected chi connectivity index (χ0v) is 33.4. The lowest BCUT2D eigenvalue weighted by Crippen LogP contribution is -2.38. The molecule has 0 aliphatic carbocycles. The van der Waals surface area contributed by atoms with Gasteiger partial charge in [0.05, 0.1) is 33.1 Å². The van der Waals surface area contributed by atoms with Crippen molar-refractivity contribution < 1.29 is 0 Å². The summed E-state index contributed by atoms with van der Waals surface area (Å²) in [5.41, 5.74) is 5.06. The molecule has 0 saturated heterocycles. The van der Waals surface area contributed by atoms with Crippen molar-refractivity contribution >= 4 is 49.4 Å². The first-order chi connectivity index (χ1) is 27.9. The maximum atomic E-state index is 5.37. The first kappa shape index (κ1) is 34.4. The minimum absolute atomic E-state index is 0.595. The highest BCUT2D eigenvalue weighted by molar-refractivity contribution is 6.00. The van der Waals surface area contributed by atoms with Crippen molar-refractivity contribution in [2.75, 3.05) is 4.90 Å². The number of fused-ring (bicyclic) bond motifs is 6. The highest BCUT2D eigenvalue weighted by Gasteiger charge is 2.31. The average Bonchev–Trinajstić information content (AvgIpc) is 3.83. The number of nitrogens with zero attached hydrogens (tertiary/aromatic N) is 7. The molecule has 7 heteroatoms. The van der Waals surface area contributed by atoms with Gasteiger partial charge >= 0.3 is 0 Å². The Balaban J connectivity index is 1.17. The summed E-state index contributed by atoms with van der Waals surface area (Å²) in [6.45, 7) is 12.4. The van der Waals surface area contributed by atoms with Gasteiger partial charge in [0.25, 0.3) is 0 Å². The summed E-state index contributed by atoms with van der Waals surface area (Å²) < 4.78 is 0. The van der Waals surface area contributed by atoms with E-state index in [1.54, 1.807) is 0 Å². The van der Waals surface area contributed by atoms with Crippen LogP contribution in [0.3, 0.4) is 0 Å². The van der Waals surface area contributed by atoms with Gasteiger partial charge in [0.15, 0.2) is 0 Å². The quantitative estimate of drug-likeness (QED) is 0.162. The third-order valence-corrected chi connectivity index (χ3v) is 11.4. The van der Waals surface area contributed by atoms with Crippen molar-refractivity contribution in [1.29, 1.82) is 0 Å². The lowest BCUT2D eigenvalue weighted by molar-refractivity contribution is 0.549. The van der Waals surface area contributed by atoms with E-state index in [-0.39, 0.29) is 0 Å². The Morgan fingerprint density at radius 1 is 0.328 bits per heavy atom. The maximum absolute atomic E-state index is 5.37. The van der Waals surface area contributed by atoms with Crippen LogP contribution >= 0.6 is 0 Å². The number of benzene rings is 8. The number of hydrogen-bond acceptors (Lipinski definition) is 7. The molecule has 0 N–H and O–H groups in total. The molecular formula is C51H41N7. The normalized spacial score (nSPS) is 16.3. The number of para-hydroxylation sites is 1. The van der Waals surface area contributed by atoms with Crippen LogP contribution in [0, 0.1) is 0 Å². The molecule has 11 rings (SSSR count). The van der Waals surface area contributed by atoms with E-state index in [4.69, 9.17) is 30.0 Å². The Kier molecular flexibility index (Phi) is 7.16. The van der Waals surface area contributed by atoms with Crippen molar-refractivity contribution in [2.45, 2.75) is 58.5 Å². The second kappa shape index (κ2) is 12.1. The van der Waals surface area contributed by atoms with Gasteiger partial charge in [0.1, 0.15) is 33.1 Å². The highest BCUT2D eigenvalue weighted by atomic mass is 15.2. The molecule has 0 fully saturated rings. The largest absolute Gasteiger partial charge is 0.304 e. The Morgan fingerprint density at radius 3 is 1.36 bits per heavy atom. The minimum atomic E-state index is -0.671. The smallest absolute Gasteiger partial charge is 0.146 e. The molecule has 58 heavy (non-hydrogen) atoms. The Bertz CT molecular complexity index is 3510. The molecule has 7 nitrogen and oxygen atoms in total. The van der Waals surface area contributed by atoms with E-state index in [2.05, 4.69) is 166 Å². The molecule has 0 spiro atoms. The maximum Gasteiger partial charge on any atom is 0.146 e. The monoisotopic (exact) mass is 751 g/mol. The summed E-state index contributed by atoms with van der Waals surface area (Å²) in [6, 6.07) is 49.9. The van der Waals surface area contributed by atoms with Gasteiger partial charge in [-0.1, -0.05) is 78.9 Å². The fourth-order valence-corrected chi connectivity index (χ4v) is 8.91. The molecule has 0 radical (unpaired) electrons. The lowest BCUT2D eigenvalue weighted by Gasteiger charge is -2.26. The first-order valence-corrected chi connectivity index (χ1v) is 20.0. The third-order valence-electron chi connectivity index (χ3n) is 11.4. The SMILES string of the molecule is CC1(C)N=c2cccc(N(c3ccc(-c4ccc5ccccc5c4)c4c3=NC(C)(C)N=4)c3ccc(-c4ccc5cc6ccccc6cc5c4)c4c3=NC(C)(C)N=4)c2=N1. The van der Waals surface area contributed by atoms with Gasteiger partial charge in [0.2, 0.25) is 0 Å². The van der Waals surface area contributed by atoms with E-state index in [9.17, 15) is 0 Å². The predicted molar refractivity (Wildman–Crippen MR) is 234 cm³/mol. The van der Waals surface area contributed by atoms with Gasteiger partial charge < -0.3 is 4.90 Å². The van der Waals surface area contributed by atoms with E-state index in [1.165, 1.54) is 32.3 Å². The van der Waals surface area contributed by atoms with E-state index in [0.29, 0.717) is 0 Å². The van der Waals surface area contributed by atoms with Crippen LogP contribution in [-0.2, 0) is 0 Å². The van der Waals surface area contributed by atoms with Crippen molar-refractivity contribution in [3.63, 3.8) is 0 Å². The van der Waals surface area contributed by atoms with Crippen molar-refractivity contribution in [3.8, 4) is 22.3 Å². The van der Waals surface area contributed by atoms with Crippen LogP contribution in [0.5, 0.6) is 0 Å². The van der Waals surface area contributed by atoms with Gasteiger partial charge in [-0.15, -0.1) is 0 Å². The van der Waals surface area contributed by atoms with E-state index in [1.807, 2.05) is 19.9 Å². The highest BCUT2D eigenvalue weighted by Crippen LogP contribution is 2.34. The van der Waals surface area contributed by atoms with E-state index in [0.717, 1.165) is 71.5 Å². The number of rotatable bonds is 5. The molecule has 3 aliphatic rings. The molecule has 280 valence electrons. The van der Waals surface area contributed by atoms with Crippen LogP contribution in [0.4, 0.5) is 17.1 Å². The summed E-state index contributed by atoms with van der Waals surface area (Å²) in [4.78, 5) is 33.8. The van der Waals surface area contributed by atoms with E-state index < -0.39 is 17.0 Å². The van der Waals surface area contributed by atoms with Gasteiger partial charge in [-0.05, 0) is 146 Å². The van der Waals surface area contributed by atoms with Crippen LogP contribution in [-0.4, -0.2) is 17.0 Å². The molecule has 0 aromatic heterocycles. The second-order valence-corrected chi connectivity index (χ2v) is 17.1. The molecule has 0 atom stereocenters. The van der Waals surface area contributed by atoms with E-state index >= 15 is 0 Å². The summed E-state index contributed by atoms with van der Waals surface area (Å²) >= 11 is 0. The van der Waals surface area contributed by atoms with Crippen LogP contribution in [0.1, 0.15) is 41.5 Å². The number of anilines is 3. The summed E-state index contributed by atoms with van der Waals surface area (Å²) in [7, 11) is 0. The topological polar surface area (TPSA) is 77.4 Å². The molecule has 3 heterocycles.